The fourth-order valence-corrected chi connectivity index (χ4v) is 3.05. The van der Waals surface area contributed by atoms with Crippen molar-refractivity contribution < 1.29 is 12.8 Å². The van der Waals surface area contributed by atoms with Gasteiger partial charge in [0.15, 0.2) is 5.82 Å². The van der Waals surface area contributed by atoms with E-state index in [1.54, 1.807) is 48.5 Å². The van der Waals surface area contributed by atoms with E-state index in [0.29, 0.717) is 5.69 Å². The molecule has 1 aromatic heterocycles. The van der Waals surface area contributed by atoms with Crippen LogP contribution in [0.2, 0.25) is 0 Å². The van der Waals surface area contributed by atoms with Crippen molar-refractivity contribution in [3.63, 3.8) is 0 Å². The number of aromatic nitrogens is 1. The number of nitrogens with zero attached hydrogens (tertiary/aromatic N) is 1. The maximum absolute atomic E-state index is 12.3. The molecule has 3 aromatic rings. The van der Waals surface area contributed by atoms with E-state index in [9.17, 15) is 13.2 Å². The topological polar surface area (TPSA) is 81.3 Å². The molecule has 0 atom stereocenters. The van der Waals surface area contributed by atoms with E-state index >= 15 is 0 Å². The van der Waals surface area contributed by atoms with E-state index < -0.39 is 15.8 Å². The highest BCUT2D eigenvalue weighted by atomic mass is 32.2. The van der Waals surface area contributed by atoms with Crippen molar-refractivity contribution in [1.82, 2.24) is 4.57 Å². The van der Waals surface area contributed by atoms with Crippen LogP contribution in [-0.4, -0.2) is 13.0 Å². The Kier molecular flexibility index (Phi) is 3.56. The molecule has 0 aliphatic carbocycles. The van der Waals surface area contributed by atoms with Gasteiger partial charge in [0.25, 0.3) is 10.0 Å². The third kappa shape index (κ3) is 2.66. The number of nitrogens with one attached hydrogen (secondary N) is 1. The van der Waals surface area contributed by atoms with Gasteiger partial charge in [-0.15, -0.1) is 0 Å². The minimum atomic E-state index is -3.80. The predicted octanol–water partition coefficient (Wildman–Crippen LogP) is 2.23. The first kappa shape index (κ1) is 14.2. The van der Waals surface area contributed by atoms with Crippen molar-refractivity contribution in [2.45, 2.75) is 4.90 Å². The van der Waals surface area contributed by atoms with E-state index in [1.807, 2.05) is 0 Å². The van der Waals surface area contributed by atoms with Gasteiger partial charge in [0.1, 0.15) is 6.26 Å². The summed E-state index contributed by atoms with van der Waals surface area (Å²) in [5, 5.41) is 0. The molecule has 0 spiro atoms. The second-order valence-corrected chi connectivity index (χ2v) is 6.16. The van der Waals surface area contributed by atoms with Gasteiger partial charge in [-0.25, -0.2) is 17.8 Å². The first-order valence-corrected chi connectivity index (χ1v) is 7.90. The second kappa shape index (κ2) is 5.53. The Morgan fingerprint density at radius 1 is 0.909 bits per heavy atom. The average molecular weight is 316 g/mol. The van der Waals surface area contributed by atoms with Crippen LogP contribution >= 0.6 is 0 Å². The third-order valence-electron chi connectivity index (χ3n) is 3.00. The molecule has 112 valence electrons. The molecule has 0 saturated carbocycles. The van der Waals surface area contributed by atoms with Gasteiger partial charge < -0.3 is 4.42 Å². The number of rotatable bonds is 4. The van der Waals surface area contributed by atoms with E-state index in [1.165, 1.54) is 12.1 Å². The summed E-state index contributed by atoms with van der Waals surface area (Å²) < 4.78 is 33.0. The lowest BCUT2D eigenvalue weighted by molar-refractivity contribution is 0.504. The predicted molar refractivity (Wildman–Crippen MR) is 81.6 cm³/mol. The summed E-state index contributed by atoms with van der Waals surface area (Å²) in [6.45, 7) is 0. The molecule has 3 rings (SSSR count). The first-order chi connectivity index (χ1) is 10.6. The van der Waals surface area contributed by atoms with E-state index in [0.717, 1.165) is 10.8 Å². The molecule has 0 aliphatic heterocycles. The highest BCUT2D eigenvalue weighted by molar-refractivity contribution is 7.92. The Hall–Kier alpha value is -2.80. The van der Waals surface area contributed by atoms with Gasteiger partial charge >= 0.3 is 5.76 Å². The molecule has 1 N–H and O–H groups in total. The van der Waals surface area contributed by atoms with Crippen LogP contribution in [0.3, 0.4) is 0 Å². The summed E-state index contributed by atoms with van der Waals surface area (Å²) in [5.74, 6) is -0.628. The number of benzene rings is 2. The van der Waals surface area contributed by atoms with Crippen molar-refractivity contribution in [1.29, 1.82) is 0 Å². The Balaban J connectivity index is 2.03. The summed E-state index contributed by atoms with van der Waals surface area (Å²) in [5.41, 5.74) is 0.506. The van der Waals surface area contributed by atoms with Gasteiger partial charge in [-0.05, 0) is 24.3 Å². The molecular formula is C15H12N2O4S. The van der Waals surface area contributed by atoms with Crippen LogP contribution < -0.4 is 10.5 Å². The van der Waals surface area contributed by atoms with Gasteiger partial charge in [-0.1, -0.05) is 36.4 Å². The van der Waals surface area contributed by atoms with Crippen LogP contribution in [0.25, 0.3) is 5.69 Å². The Morgan fingerprint density at radius 3 is 2.14 bits per heavy atom. The molecule has 0 amide bonds. The molecule has 7 heteroatoms. The molecule has 0 aliphatic rings. The molecule has 0 unspecified atom stereocenters. The fourth-order valence-electron chi connectivity index (χ4n) is 2.00. The zero-order valence-electron chi connectivity index (χ0n) is 11.3. The Bertz CT molecular complexity index is 928. The summed E-state index contributed by atoms with van der Waals surface area (Å²) >= 11 is 0. The fraction of sp³-hybridized carbons (Fsp3) is 0. The van der Waals surface area contributed by atoms with Crippen molar-refractivity contribution >= 4 is 15.8 Å². The van der Waals surface area contributed by atoms with E-state index in [4.69, 9.17) is 4.42 Å². The molecular weight excluding hydrogens is 304 g/mol. The molecule has 0 saturated heterocycles. The average Bonchev–Trinajstić information content (AvgIpc) is 2.89. The summed E-state index contributed by atoms with van der Waals surface area (Å²) in [6.07, 6.45) is 1.08. The molecule has 0 bridgehead atoms. The van der Waals surface area contributed by atoms with Crippen molar-refractivity contribution in [2.75, 3.05) is 4.72 Å². The molecule has 2 aromatic carbocycles. The number of anilines is 1. The number of hydrogen-bond donors (Lipinski definition) is 1. The van der Waals surface area contributed by atoms with E-state index in [-0.39, 0.29) is 10.7 Å². The maximum Gasteiger partial charge on any atom is 0.425 e. The SMILES string of the molecule is O=c1occ(NS(=O)(=O)c2ccccc2)n1-c1ccccc1. The van der Waals surface area contributed by atoms with Crippen molar-refractivity contribution in [2.24, 2.45) is 0 Å². The zero-order chi connectivity index (χ0) is 15.6. The van der Waals surface area contributed by atoms with Gasteiger partial charge in [0, 0.05) is 0 Å². The lowest BCUT2D eigenvalue weighted by Crippen LogP contribution is -2.19. The Labute approximate surface area is 126 Å². The van der Waals surface area contributed by atoms with E-state index in [2.05, 4.69) is 4.72 Å². The normalized spacial score (nSPS) is 11.3. The summed E-state index contributed by atoms with van der Waals surface area (Å²) in [7, 11) is -3.80. The zero-order valence-corrected chi connectivity index (χ0v) is 12.2. The summed E-state index contributed by atoms with van der Waals surface area (Å²) in [6, 6.07) is 16.5. The molecule has 1 heterocycles. The number of sulfonamides is 1. The monoisotopic (exact) mass is 316 g/mol. The number of para-hydroxylation sites is 1. The molecule has 22 heavy (non-hydrogen) atoms. The van der Waals surface area contributed by atoms with Crippen LogP contribution in [0.5, 0.6) is 0 Å². The van der Waals surface area contributed by atoms with Crippen molar-refractivity contribution in [3.05, 3.63) is 77.5 Å². The maximum atomic E-state index is 12.3. The first-order valence-electron chi connectivity index (χ1n) is 6.42. The standard InChI is InChI=1S/C15H12N2O4S/c18-15-17(12-7-3-1-4-8-12)14(11-21-15)16-22(19,20)13-9-5-2-6-10-13/h1-11,16H. The van der Waals surface area contributed by atoms with Crippen LogP contribution in [0.1, 0.15) is 0 Å². The van der Waals surface area contributed by atoms with Gasteiger partial charge in [-0.2, -0.15) is 0 Å². The van der Waals surface area contributed by atoms with Crippen LogP contribution in [0, 0.1) is 0 Å². The third-order valence-corrected chi connectivity index (χ3v) is 4.37. The number of hydrogen-bond acceptors (Lipinski definition) is 4. The van der Waals surface area contributed by atoms with Gasteiger partial charge in [-0.3, -0.25) is 4.72 Å². The quantitative estimate of drug-likeness (QED) is 0.800. The molecule has 0 radical (unpaired) electrons. The highest BCUT2D eigenvalue weighted by Crippen LogP contribution is 2.18. The van der Waals surface area contributed by atoms with Crippen LogP contribution in [-0.2, 0) is 10.0 Å². The molecule has 6 nitrogen and oxygen atoms in total. The minimum Gasteiger partial charge on any atom is -0.414 e. The smallest absolute Gasteiger partial charge is 0.414 e. The molecule has 0 fully saturated rings. The second-order valence-electron chi connectivity index (χ2n) is 4.48. The van der Waals surface area contributed by atoms with Crippen LogP contribution in [0.4, 0.5) is 5.82 Å². The lowest BCUT2D eigenvalue weighted by atomic mass is 10.3. The minimum absolute atomic E-state index is 0.0417. The lowest BCUT2D eigenvalue weighted by Gasteiger charge is -2.09. The van der Waals surface area contributed by atoms with Gasteiger partial charge in [0.05, 0.1) is 10.6 Å². The summed E-state index contributed by atoms with van der Waals surface area (Å²) in [4.78, 5) is 11.9. The highest BCUT2D eigenvalue weighted by Gasteiger charge is 2.18. The number of oxazole rings is 1. The van der Waals surface area contributed by atoms with Crippen molar-refractivity contribution in [3.8, 4) is 5.69 Å². The van der Waals surface area contributed by atoms with Gasteiger partial charge in [0.2, 0.25) is 0 Å². The largest absolute Gasteiger partial charge is 0.425 e. The van der Waals surface area contributed by atoms with Crippen LogP contribution in [0.15, 0.2) is 81.0 Å². The Morgan fingerprint density at radius 2 is 1.50 bits per heavy atom.